The third-order valence-electron chi connectivity index (χ3n) is 4.10. The summed E-state index contributed by atoms with van der Waals surface area (Å²) in [6.45, 7) is 0.674. The molecule has 0 saturated heterocycles. The van der Waals surface area contributed by atoms with Crippen LogP contribution in [-0.4, -0.2) is 18.4 Å². The third-order valence-corrected chi connectivity index (χ3v) is 4.10. The van der Waals surface area contributed by atoms with Crippen LogP contribution in [0.15, 0.2) is 77.4 Å². The van der Waals surface area contributed by atoms with E-state index >= 15 is 0 Å². The first-order chi connectivity index (χ1) is 13.7. The smallest absolute Gasteiger partial charge is 0.238 e. The van der Waals surface area contributed by atoms with Crippen molar-refractivity contribution in [2.24, 2.45) is 0 Å². The zero-order chi connectivity index (χ0) is 19.6. The van der Waals surface area contributed by atoms with Crippen LogP contribution in [-0.2, 0) is 22.6 Å². The van der Waals surface area contributed by atoms with E-state index in [9.17, 15) is 9.59 Å². The molecular weight excluding hydrogens is 354 g/mol. The van der Waals surface area contributed by atoms with Crippen LogP contribution in [0.25, 0.3) is 0 Å². The summed E-state index contributed by atoms with van der Waals surface area (Å²) in [6, 6.07) is 20.6. The Labute approximate surface area is 164 Å². The van der Waals surface area contributed by atoms with Crippen LogP contribution >= 0.6 is 0 Å². The van der Waals surface area contributed by atoms with Crippen LogP contribution in [0.3, 0.4) is 0 Å². The summed E-state index contributed by atoms with van der Waals surface area (Å²) in [7, 11) is 0. The molecular formula is C22H23N3O3. The Hall–Kier alpha value is -3.38. The molecule has 3 rings (SSSR count). The number of rotatable bonds is 9. The molecule has 3 N–H and O–H groups in total. The van der Waals surface area contributed by atoms with E-state index in [0.717, 1.165) is 11.3 Å². The van der Waals surface area contributed by atoms with Crippen LogP contribution in [0.2, 0.25) is 0 Å². The van der Waals surface area contributed by atoms with Crippen molar-refractivity contribution in [3.63, 3.8) is 0 Å². The number of furan rings is 1. The summed E-state index contributed by atoms with van der Waals surface area (Å²) in [6.07, 6.45) is 2.72. The van der Waals surface area contributed by atoms with Gasteiger partial charge in [-0.3, -0.25) is 9.59 Å². The molecule has 1 heterocycles. The zero-order valence-corrected chi connectivity index (χ0v) is 15.5. The summed E-state index contributed by atoms with van der Waals surface area (Å²) >= 11 is 0. The Morgan fingerprint density at radius 1 is 0.786 bits per heavy atom. The van der Waals surface area contributed by atoms with Crippen LogP contribution in [0.1, 0.15) is 17.7 Å². The molecule has 3 aromatic rings. The van der Waals surface area contributed by atoms with Gasteiger partial charge >= 0.3 is 0 Å². The quantitative estimate of drug-likeness (QED) is 0.532. The van der Waals surface area contributed by atoms with E-state index in [1.54, 1.807) is 36.6 Å². The van der Waals surface area contributed by atoms with Crippen molar-refractivity contribution in [3.8, 4) is 0 Å². The second-order valence-corrected chi connectivity index (χ2v) is 6.34. The molecule has 0 spiro atoms. The minimum Gasteiger partial charge on any atom is -0.468 e. The van der Waals surface area contributed by atoms with E-state index in [1.807, 2.05) is 36.4 Å². The highest BCUT2D eigenvalue weighted by atomic mass is 16.3. The molecule has 0 aliphatic rings. The van der Waals surface area contributed by atoms with Crippen molar-refractivity contribution < 1.29 is 14.0 Å². The highest BCUT2D eigenvalue weighted by molar-refractivity contribution is 5.93. The summed E-state index contributed by atoms with van der Waals surface area (Å²) in [4.78, 5) is 24.0. The van der Waals surface area contributed by atoms with Crippen molar-refractivity contribution in [1.82, 2.24) is 5.32 Å². The van der Waals surface area contributed by atoms with Crippen molar-refractivity contribution in [2.75, 3.05) is 17.2 Å². The molecule has 0 aliphatic carbocycles. The highest BCUT2D eigenvalue weighted by Gasteiger charge is 2.05. The van der Waals surface area contributed by atoms with Crippen molar-refractivity contribution in [2.45, 2.75) is 19.4 Å². The van der Waals surface area contributed by atoms with Gasteiger partial charge < -0.3 is 20.4 Å². The second-order valence-electron chi connectivity index (χ2n) is 6.34. The van der Waals surface area contributed by atoms with E-state index in [1.165, 1.54) is 0 Å². The first kappa shape index (κ1) is 19.4. The Morgan fingerprint density at radius 2 is 1.46 bits per heavy atom. The average molecular weight is 377 g/mol. The Kier molecular flexibility index (Phi) is 6.98. The van der Waals surface area contributed by atoms with Gasteiger partial charge in [-0.25, -0.2) is 0 Å². The van der Waals surface area contributed by atoms with Crippen LogP contribution in [0.4, 0.5) is 11.4 Å². The largest absolute Gasteiger partial charge is 0.468 e. The number of aryl methyl sites for hydroxylation is 1. The lowest BCUT2D eigenvalue weighted by atomic mass is 10.1. The zero-order valence-electron chi connectivity index (χ0n) is 15.5. The number of benzene rings is 2. The fourth-order valence-corrected chi connectivity index (χ4v) is 2.68. The lowest BCUT2D eigenvalue weighted by Crippen LogP contribution is -2.27. The van der Waals surface area contributed by atoms with Crippen LogP contribution in [0.5, 0.6) is 0 Å². The number of carbonyl (C=O) groups excluding carboxylic acids is 2. The highest BCUT2D eigenvalue weighted by Crippen LogP contribution is 2.14. The number of nitrogens with one attached hydrogen (secondary N) is 3. The Balaban J connectivity index is 1.38. The van der Waals surface area contributed by atoms with Gasteiger partial charge in [0.15, 0.2) is 0 Å². The van der Waals surface area contributed by atoms with Crippen molar-refractivity contribution in [1.29, 1.82) is 0 Å². The maximum Gasteiger partial charge on any atom is 0.238 e. The molecule has 2 amide bonds. The van der Waals surface area contributed by atoms with Gasteiger partial charge in [0.2, 0.25) is 11.8 Å². The Bertz CT molecular complexity index is 875. The van der Waals surface area contributed by atoms with Gasteiger partial charge in [0.05, 0.1) is 19.4 Å². The summed E-state index contributed by atoms with van der Waals surface area (Å²) < 4.78 is 5.19. The summed E-state index contributed by atoms with van der Waals surface area (Å²) in [5.41, 5.74) is 2.51. The number of hydrogen-bond acceptors (Lipinski definition) is 4. The predicted octanol–water partition coefficient (Wildman–Crippen LogP) is 3.58. The van der Waals surface area contributed by atoms with E-state index in [4.69, 9.17) is 4.42 Å². The van der Waals surface area contributed by atoms with Gasteiger partial charge in [0.25, 0.3) is 0 Å². The fourth-order valence-electron chi connectivity index (χ4n) is 2.68. The van der Waals surface area contributed by atoms with Crippen LogP contribution in [0, 0.1) is 0 Å². The lowest BCUT2D eigenvalue weighted by Gasteiger charge is -2.08. The lowest BCUT2D eigenvalue weighted by molar-refractivity contribution is -0.116. The molecule has 0 atom stereocenters. The monoisotopic (exact) mass is 377 g/mol. The molecule has 2 aromatic carbocycles. The fraction of sp³-hybridized carbons (Fsp3) is 0.182. The van der Waals surface area contributed by atoms with Crippen molar-refractivity contribution >= 4 is 23.2 Å². The molecule has 0 aliphatic heterocycles. The normalized spacial score (nSPS) is 10.4. The molecule has 1 aromatic heterocycles. The third kappa shape index (κ3) is 6.41. The van der Waals surface area contributed by atoms with Gasteiger partial charge in [-0.05, 0) is 48.4 Å². The molecule has 144 valence electrons. The molecule has 0 fully saturated rings. The molecule has 6 nitrogen and oxygen atoms in total. The van der Waals surface area contributed by atoms with Gasteiger partial charge in [-0.1, -0.05) is 30.3 Å². The van der Waals surface area contributed by atoms with Crippen molar-refractivity contribution in [3.05, 3.63) is 84.3 Å². The van der Waals surface area contributed by atoms with Gasteiger partial charge in [-0.2, -0.15) is 0 Å². The number of amides is 2. The minimum atomic E-state index is -0.147. The first-order valence-corrected chi connectivity index (χ1v) is 9.16. The average Bonchev–Trinajstić information content (AvgIpc) is 3.22. The Morgan fingerprint density at radius 3 is 2.11 bits per heavy atom. The molecule has 0 radical (unpaired) electrons. The maximum atomic E-state index is 12.1. The number of anilines is 2. The van der Waals surface area contributed by atoms with Gasteiger partial charge in [-0.15, -0.1) is 0 Å². The minimum absolute atomic E-state index is 0.0391. The SMILES string of the molecule is O=C(CCc1ccccc1)Nc1ccc(NC(=O)CNCc2ccco2)cc1. The van der Waals surface area contributed by atoms with Crippen LogP contribution < -0.4 is 16.0 Å². The molecule has 0 unspecified atom stereocenters. The number of hydrogen-bond donors (Lipinski definition) is 3. The molecule has 28 heavy (non-hydrogen) atoms. The maximum absolute atomic E-state index is 12.1. The standard InChI is InChI=1S/C22H23N3O3/c26-21(13-8-17-5-2-1-3-6-17)24-18-9-11-19(12-10-18)25-22(27)16-23-15-20-7-4-14-28-20/h1-7,9-12,14,23H,8,13,15-16H2,(H,24,26)(H,25,27). The summed E-state index contributed by atoms with van der Waals surface area (Å²) in [5, 5.41) is 8.68. The molecule has 6 heteroatoms. The number of carbonyl (C=O) groups is 2. The van der Waals surface area contributed by atoms with E-state index < -0.39 is 0 Å². The summed E-state index contributed by atoms with van der Waals surface area (Å²) in [5.74, 6) is 0.592. The van der Waals surface area contributed by atoms with E-state index in [0.29, 0.717) is 30.8 Å². The van der Waals surface area contributed by atoms with Gasteiger partial charge in [0, 0.05) is 17.8 Å². The molecule has 0 saturated carbocycles. The first-order valence-electron chi connectivity index (χ1n) is 9.16. The second kappa shape index (κ2) is 10.1. The van der Waals surface area contributed by atoms with E-state index in [-0.39, 0.29) is 18.4 Å². The molecule has 0 bridgehead atoms. The van der Waals surface area contributed by atoms with E-state index in [2.05, 4.69) is 16.0 Å². The van der Waals surface area contributed by atoms with Gasteiger partial charge in [0.1, 0.15) is 5.76 Å². The topological polar surface area (TPSA) is 83.4 Å². The predicted molar refractivity (Wildman–Crippen MR) is 109 cm³/mol.